The number of hydrogen-bond acceptors (Lipinski definition) is 2. The quantitative estimate of drug-likeness (QED) is 0.551. The van der Waals surface area contributed by atoms with Gasteiger partial charge in [-0.3, -0.25) is 4.68 Å². The van der Waals surface area contributed by atoms with Crippen molar-refractivity contribution in [2.24, 2.45) is 12.8 Å². The van der Waals surface area contributed by atoms with Gasteiger partial charge in [0.2, 0.25) is 0 Å². The van der Waals surface area contributed by atoms with Crippen LogP contribution >= 0.6 is 0 Å². The summed E-state index contributed by atoms with van der Waals surface area (Å²) in [7, 11) is 1.92. The number of rotatable bonds is 7. The summed E-state index contributed by atoms with van der Waals surface area (Å²) in [6.45, 7) is 3.71. The normalized spacial score (nSPS) is 12.7. The summed E-state index contributed by atoms with van der Waals surface area (Å²) in [5.41, 5.74) is 7.19. The van der Waals surface area contributed by atoms with Crippen LogP contribution in [0.25, 0.3) is 0 Å². The van der Waals surface area contributed by atoms with Crippen LogP contribution in [0, 0.1) is 0 Å². The topological polar surface area (TPSA) is 43.8 Å². The summed E-state index contributed by atoms with van der Waals surface area (Å²) in [5, 5.41) is 4.12. The van der Waals surface area contributed by atoms with Crippen molar-refractivity contribution in [1.29, 1.82) is 0 Å². The minimum Gasteiger partial charge on any atom is -0.324 e. The molecule has 0 aliphatic heterocycles. The lowest BCUT2D eigenvalue weighted by molar-refractivity contribution is 0.572. The Morgan fingerprint density at radius 1 is 1.53 bits per heavy atom. The van der Waals surface area contributed by atoms with E-state index in [9.17, 15) is 0 Å². The van der Waals surface area contributed by atoms with Gasteiger partial charge in [-0.15, -0.1) is 6.58 Å². The van der Waals surface area contributed by atoms with Gasteiger partial charge in [0, 0.05) is 24.8 Å². The van der Waals surface area contributed by atoms with Gasteiger partial charge in [0.25, 0.3) is 0 Å². The molecule has 15 heavy (non-hydrogen) atoms. The largest absolute Gasteiger partial charge is 0.324 e. The fourth-order valence-electron chi connectivity index (χ4n) is 1.63. The Hall–Kier alpha value is -1.09. The number of nitrogens with two attached hydrogens (primary N) is 1. The van der Waals surface area contributed by atoms with Crippen molar-refractivity contribution in [1.82, 2.24) is 9.78 Å². The first-order valence-corrected chi connectivity index (χ1v) is 5.59. The Labute approximate surface area is 92.0 Å². The third-order valence-electron chi connectivity index (χ3n) is 2.58. The van der Waals surface area contributed by atoms with Gasteiger partial charge in [-0.05, 0) is 19.3 Å². The zero-order chi connectivity index (χ0) is 11.1. The fraction of sp³-hybridized carbons (Fsp3) is 0.583. The number of aromatic nitrogens is 2. The van der Waals surface area contributed by atoms with E-state index in [0.717, 1.165) is 18.4 Å². The predicted molar refractivity (Wildman–Crippen MR) is 63.4 cm³/mol. The molecule has 1 atom stereocenters. The number of aryl methyl sites for hydroxylation is 1. The van der Waals surface area contributed by atoms with Gasteiger partial charge < -0.3 is 5.73 Å². The summed E-state index contributed by atoms with van der Waals surface area (Å²) >= 11 is 0. The van der Waals surface area contributed by atoms with Crippen LogP contribution in [0.2, 0.25) is 0 Å². The Kier molecular flexibility index (Phi) is 5.12. The van der Waals surface area contributed by atoms with Crippen molar-refractivity contribution in [2.45, 2.75) is 38.1 Å². The highest BCUT2D eigenvalue weighted by Gasteiger charge is 2.06. The molecule has 84 valence electrons. The zero-order valence-electron chi connectivity index (χ0n) is 9.52. The van der Waals surface area contributed by atoms with E-state index >= 15 is 0 Å². The second-order valence-electron chi connectivity index (χ2n) is 3.98. The Morgan fingerprint density at radius 2 is 2.33 bits per heavy atom. The summed E-state index contributed by atoms with van der Waals surface area (Å²) in [4.78, 5) is 0. The molecule has 0 aliphatic carbocycles. The van der Waals surface area contributed by atoms with Crippen molar-refractivity contribution >= 4 is 0 Å². The van der Waals surface area contributed by atoms with E-state index in [0.29, 0.717) is 0 Å². The number of nitrogens with zero attached hydrogens (tertiary/aromatic N) is 2. The van der Waals surface area contributed by atoms with Crippen LogP contribution in [-0.4, -0.2) is 9.78 Å². The van der Waals surface area contributed by atoms with Crippen LogP contribution in [0.3, 0.4) is 0 Å². The molecular weight excluding hydrogens is 186 g/mol. The first-order chi connectivity index (χ1) is 7.24. The van der Waals surface area contributed by atoms with E-state index in [1.165, 1.54) is 19.3 Å². The molecule has 2 N–H and O–H groups in total. The Morgan fingerprint density at radius 3 is 2.93 bits per heavy atom. The van der Waals surface area contributed by atoms with Crippen molar-refractivity contribution < 1.29 is 0 Å². The van der Waals surface area contributed by atoms with Gasteiger partial charge in [-0.25, -0.2) is 0 Å². The van der Waals surface area contributed by atoms with Crippen LogP contribution in [0.1, 0.15) is 43.7 Å². The maximum absolute atomic E-state index is 6.05. The zero-order valence-corrected chi connectivity index (χ0v) is 9.52. The molecule has 0 saturated heterocycles. The highest BCUT2D eigenvalue weighted by atomic mass is 15.2. The molecule has 0 amide bonds. The fourth-order valence-corrected chi connectivity index (χ4v) is 1.63. The third-order valence-corrected chi connectivity index (χ3v) is 2.58. The number of hydrogen-bond donors (Lipinski definition) is 1. The molecule has 0 aliphatic rings. The van der Waals surface area contributed by atoms with E-state index < -0.39 is 0 Å². The molecule has 0 bridgehead atoms. The summed E-state index contributed by atoms with van der Waals surface area (Å²) in [6.07, 6.45) is 11.6. The molecule has 1 heterocycles. The van der Waals surface area contributed by atoms with Crippen LogP contribution in [0.15, 0.2) is 25.0 Å². The second-order valence-corrected chi connectivity index (χ2v) is 3.98. The average molecular weight is 207 g/mol. The molecule has 3 heteroatoms. The third kappa shape index (κ3) is 4.30. The highest BCUT2D eigenvalue weighted by molar-refractivity contribution is 5.08. The Bertz CT molecular complexity index is 291. The van der Waals surface area contributed by atoms with Gasteiger partial charge >= 0.3 is 0 Å². The maximum atomic E-state index is 6.05. The summed E-state index contributed by atoms with van der Waals surface area (Å²) in [6, 6.07) is 0.141. The maximum Gasteiger partial charge on any atom is 0.0537 e. The first-order valence-electron chi connectivity index (χ1n) is 5.59. The SMILES string of the molecule is C=CCCCCCC(N)c1cnn(C)c1. The van der Waals surface area contributed by atoms with Crippen LogP contribution in [0.4, 0.5) is 0 Å². The molecule has 1 rings (SSSR count). The standard InChI is InChI=1S/C12H21N3/c1-3-4-5-6-7-8-12(13)11-9-14-15(2)10-11/h3,9-10,12H,1,4-8,13H2,2H3. The molecular formula is C12H21N3. The molecule has 3 nitrogen and oxygen atoms in total. The van der Waals surface area contributed by atoms with Gasteiger partial charge in [-0.1, -0.05) is 18.9 Å². The van der Waals surface area contributed by atoms with Crippen LogP contribution < -0.4 is 5.73 Å². The number of unbranched alkanes of at least 4 members (excludes halogenated alkanes) is 3. The van der Waals surface area contributed by atoms with E-state index in [-0.39, 0.29) is 6.04 Å². The second kappa shape index (κ2) is 6.40. The van der Waals surface area contributed by atoms with Gasteiger partial charge in [0.05, 0.1) is 6.20 Å². The van der Waals surface area contributed by atoms with E-state index in [1.54, 1.807) is 4.68 Å². The van der Waals surface area contributed by atoms with Crippen LogP contribution in [0.5, 0.6) is 0 Å². The highest BCUT2D eigenvalue weighted by Crippen LogP contribution is 2.16. The molecule has 1 unspecified atom stereocenters. The van der Waals surface area contributed by atoms with Crippen molar-refractivity contribution in [3.63, 3.8) is 0 Å². The van der Waals surface area contributed by atoms with Crippen molar-refractivity contribution in [3.8, 4) is 0 Å². The van der Waals surface area contributed by atoms with E-state index in [2.05, 4.69) is 11.7 Å². The monoisotopic (exact) mass is 207 g/mol. The van der Waals surface area contributed by atoms with Gasteiger partial charge in [0.1, 0.15) is 0 Å². The minimum absolute atomic E-state index is 0.141. The van der Waals surface area contributed by atoms with Crippen molar-refractivity contribution in [3.05, 3.63) is 30.6 Å². The lowest BCUT2D eigenvalue weighted by Crippen LogP contribution is -2.09. The molecule has 0 fully saturated rings. The summed E-state index contributed by atoms with van der Waals surface area (Å²) < 4.78 is 1.80. The number of allylic oxidation sites excluding steroid dienone is 1. The Balaban J connectivity index is 2.18. The molecule has 1 aromatic heterocycles. The van der Waals surface area contributed by atoms with Gasteiger partial charge in [-0.2, -0.15) is 5.10 Å². The molecule has 0 aromatic carbocycles. The smallest absolute Gasteiger partial charge is 0.0537 e. The van der Waals surface area contributed by atoms with Gasteiger partial charge in [0.15, 0.2) is 0 Å². The lowest BCUT2D eigenvalue weighted by atomic mass is 10.0. The first kappa shape index (κ1) is 12.0. The van der Waals surface area contributed by atoms with Crippen LogP contribution in [-0.2, 0) is 7.05 Å². The summed E-state index contributed by atoms with van der Waals surface area (Å²) in [5.74, 6) is 0. The lowest BCUT2D eigenvalue weighted by Gasteiger charge is -2.08. The van der Waals surface area contributed by atoms with E-state index in [4.69, 9.17) is 5.73 Å². The molecule has 0 saturated carbocycles. The molecule has 1 aromatic rings. The molecule has 0 radical (unpaired) electrons. The average Bonchev–Trinajstić information content (AvgIpc) is 2.64. The van der Waals surface area contributed by atoms with Crippen molar-refractivity contribution in [2.75, 3.05) is 0 Å². The van der Waals surface area contributed by atoms with E-state index in [1.807, 2.05) is 25.5 Å². The minimum atomic E-state index is 0.141. The predicted octanol–water partition coefficient (Wildman–Crippen LogP) is 2.56. The molecule has 0 spiro atoms.